The minimum Gasteiger partial charge on any atom is -0.383 e. The Kier molecular flexibility index (Phi) is 3.84. The number of nitrogens with zero attached hydrogens (tertiary/aromatic N) is 4. The minimum atomic E-state index is 0.341. The summed E-state index contributed by atoms with van der Waals surface area (Å²) in [5, 5.41) is 9.83. The monoisotopic (exact) mass is 289 g/mol. The Balaban J connectivity index is 1.80. The van der Waals surface area contributed by atoms with Gasteiger partial charge in [0.05, 0.1) is 10.9 Å². The number of fused-ring (bicyclic) bond motifs is 1. The van der Waals surface area contributed by atoms with E-state index in [0.717, 1.165) is 6.42 Å². The van der Waals surface area contributed by atoms with Crippen molar-refractivity contribution >= 4 is 16.9 Å². The fourth-order valence-electron chi connectivity index (χ4n) is 2.39. The van der Waals surface area contributed by atoms with Crippen LogP contribution in [-0.2, 0) is 13.0 Å². The van der Waals surface area contributed by atoms with Crippen molar-refractivity contribution in [3.63, 3.8) is 0 Å². The maximum absolute atomic E-state index is 9.20. The average molecular weight is 289 g/mol. The third-order valence-corrected chi connectivity index (χ3v) is 3.47. The Labute approximate surface area is 128 Å². The molecule has 0 unspecified atom stereocenters. The zero-order valence-electron chi connectivity index (χ0n) is 12.0. The summed E-state index contributed by atoms with van der Waals surface area (Å²) >= 11 is 0. The van der Waals surface area contributed by atoms with Crippen molar-refractivity contribution in [2.45, 2.75) is 13.0 Å². The van der Waals surface area contributed by atoms with Crippen LogP contribution in [0, 0.1) is 11.3 Å². The molecule has 0 aliphatic carbocycles. The van der Waals surface area contributed by atoms with E-state index in [0.29, 0.717) is 29.0 Å². The SMILES string of the molecule is N#Cc1cn(C/C=C/Cc2ccccc2)c2ncnc(N)c12. The Bertz CT molecular complexity index is 856. The Morgan fingerprint density at radius 2 is 2.00 bits per heavy atom. The highest BCUT2D eigenvalue weighted by Gasteiger charge is 2.12. The van der Waals surface area contributed by atoms with Crippen LogP contribution in [0.25, 0.3) is 11.0 Å². The molecular formula is C17H15N5. The predicted octanol–water partition coefficient (Wildman–Crippen LogP) is 2.68. The largest absolute Gasteiger partial charge is 0.383 e. The van der Waals surface area contributed by atoms with Crippen molar-refractivity contribution in [1.82, 2.24) is 14.5 Å². The van der Waals surface area contributed by atoms with Gasteiger partial charge in [-0.05, 0) is 12.0 Å². The van der Waals surface area contributed by atoms with Crippen LogP contribution in [-0.4, -0.2) is 14.5 Å². The fraction of sp³-hybridized carbons (Fsp3) is 0.118. The van der Waals surface area contributed by atoms with E-state index in [-0.39, 0.29) is 0 Å². The topological polar surface area (TPSA) is 80.5 Å². The number of nitriles is 1. The van der Waals surface area contributed by atoms with Crippen molar-refractivity contribution < 1.29 is 0 Å². The molecule has 0 bridgehead atoms. The molecule has 2 heterocycles. The van der Waals surface area contributed by atoms with Gasteiger partial charge in [0.15, 0.2) is 0 Å². The molecule has 5 heteroatoms. The van der Waals surface area contributed by atoms with Gasteiger partial charge in [0.25, 0.3) is 0 Å². The summed E-state index contributed by atoms with van der Waals surface area (Å²) in [6, 6.07) is 12.4. The number of hydrogen-bond donors (Lipinski definition) is 1. The van der Waals surface area contributed by atoms with Crippen LogP contribution >= 0.6 is 0 Å². The molecule has 108 valence electrons. The molecule has 0 saturated carbocycles. The number of allylic oxidation sites excluding steroid dienone is 2. The maximum atomic E-state index is 9.20. The molecule has 0 atom stereocenters. The smallest absolute Gasteiger partial charge is 0.147 e. The van der Waals surface area contributed by atoms with Gasteiger partial charge in [0.2, 0.25) is 0 Å². The van der Waals surface area contributed by atoms with E-state index >= 15 is 0 Å². The van der Waals surface area contributed by atoms with E-state index in [1.807, 2.05) is 22.8 Å². The van der Waals surface area contributed by atoms with Crippen molar-refractivity contribution in [3.05, 3.63) is 66.1 Å². The molecule has 1 aromatic carbocycles. The van der Waals surface area contributed by atoms with Crippen LogP contribution in [0.1, 0.15) is 11.1 Å². The van der Waals surface area contributed by atoms with Gasteiger partial charge in [0.1, 0.15) is 23.9 Å². The van der Waals surface area contributed by atoms with Crippen LogP contribution in [0.15, 0.2) is 55.0 Å². The summed E-state index contributed by atoms with van der Waals surface area (Å²) in [5.41, 5.74) is 8.30. The molecule has 22 heavy (non-hydrogen) atoms. The molecule has 0 aliphatic heterocycles. The maximum Gasteiger partial charge on any atom is 0.147 e. The standard InChI is InChI=1S/C17H15N5/c18-10-14-11-22(17-15(14)16(19)20-12-21-17)9-5-4-8-13-6-2-1-3-7-13/h1-7,11-12H,8-9H2,(H2,19,20,21)/b5-4+. The van der Waals surface area contributed by atoms with E-state index in [2.05, 4.69) is 40.3 Å². The number of nitrogens with two attached hydrogens (primary N) is 1. The average Bonchev–Trinajstić information content (AvgIpc) is 2.92. The summed E-state index contributed by atoms with van der Waals surface area (Å²) in [5.74, 6) is 0.341. The van der Waals surface area contributed by atoms with E-state index in [1.165, 1.54) is 11.9 Å². The normalized spacial score (nSPS) is 11.0. The summed E-state index contributed by atoms with van der Waals surface area (Å²) in [6.07, 6.45) is 8.23. The second kappa shape index (κ2) is 6.10. The molecular weight excluding hydrogens is 274 g/mol. The van der Waals surface area contributed by atoms with Gasteiger partial charge in [-0.25, -0.2) is 9.97 Å². The first-order valence-corrected chi connectivity index (χ1v) is 6.98. The molecule has 0 fully saturated rings. The summed E-state index contributed by atoms with van der Waals surface area (Å²) in [7, 11) is 0. The number of benzene rings is 1. The lowest BCUT2D eigenvalue weighted by molar-refractivity contribution is 0.844. The van der Waals surface area contributed by atoms with Gasteiger partial charge in [-0.3, -0.25) is 0 Å². The van der Waals surface area contributed by atoms with Crippen LogP contribution in [0.3, 0.4) is 0 Å². The van der Waals surface area contributed by atoms with E-state index < -0.39 is 0 Å². The second-order valence-electron chi connectivity index (χ2n) is 4.93. The van der Waals surface area contributed by atoms with E-state index in [4.69, 9.17) is 5.73 Å². The lowest BCUT2D eigenvalue weighted by atomic mass is 10.1. The van der Waals surface area contributed by atoms with Crippen LogP contribution in [0.4, 0.5) is 5.82 Å². The lowest BCUT2D eigenvalue weighted by Crippen LogP contribution is -1.97. The van der Waals surface area contributed by atoms with E-state index in [1.54, 1.807) is 6.20 Å². The third kappa shape index (κ3) is 2.67. The second-order valence-corrected chi connectivity index (χ2v) is 4.93. The molecule has 5 nitrogen and oxygen atoms in total. The number of anilines is 1. The highest BCUT2D eigenvalue weighted by atomic mass is 15.1. The van der Waals surface area contributed by atoms with Gasteiger partial charge in [0, 0.05) is 12.7 Å². The van der Waals surface area contributed by atoms with Gasteiger partial charge in [-0.2, -0.15) is 5.26 Å². The minimum absolute atomic E-state index is 0.341. The molecule has 3 rings (SSSR count). The summed E-state index contributed by atoms with van der Waals surface area (Å²) in [4.78, 5) is 8.18. The Morgan fingerprint density at radius 1 is 1.18 bits per heavy atom. The highest BCUT2D eigenvalue weighted by molar-refractivity contribution is 5.91. The number of aromatic nitrogens is 3. The first-order valence-electron chi connectivity index (χ1n) is 6.98. The van der Waals surface area contributed by atoms with Crippen molar-refractivity contribution in [3.8, 4) is 6.07 Å². The first kappa shape index (κ1) is 13.8. The Hall–Kier alpha value is -3.13. The van der Waals surface area contributed by atoms with Crippen molar-refractivity contribution in [2.75, 3.05) is 5.73 Å². The van der Waals surface area contributed by atoms with Gasteiger partial charge >= 0.3 is 0 Å². The number of nitrogen functional groups attached to an aromatic ring is 1. The highest BCUT2D eigenvalue weighted by Crippen LogP contribution is 2.22. The zero-order valence-corrected chi connectivity index (χ0v) is 12.0. The molecule has 0 radical (unpaired) electrons. The fourth-order valence-corrected chi connectivity index (χ4v) is 2.39. The Morgan fingerprint density at radius 3 is 2.77 bits per heavy atom. The van der Waals surface area contributed by atoms with Gasteiger partial charge < -0.3 is 10.3 Å². The third-order valence-electron chi connectivity index (χ3n) is 3.47. The van der Waals surface area contributed by atoms with Crippen LogP contribution in [0.5, 0.6) is 0 Å². The molecule has 2 N–H and O–H groups in total. The first-order chi connectivity index (χ1) is 10.8. The van der Waals surface area contributed by atoms with Crippen molar-refractivity contribution in [1.29, 1.82) is 5.26 Å². The van der Waals surface area contributed by atoms with Gasteiger partial charge in [-0.1, -0.05) is 42.5 Å². The number of rotatable bonds is 4. The quantitative estimate of drug-likeness (QED) is 0.749. The molecule has 0 amide bonds. The number of hydrogen-bond acceptors (Lipinski definition) is 4. The van der Waals surface area contributed by atoms with Gasteiger partial charge in [-0.15, -0.1) is 0 Å². The predicted molar refractivity (Wildman–Crippen MR) is 85.9 cm³/mol. The van der Waals surface area contributed by atoms with Crippen LogP contribution < -0.4 is 5.73 Å². The summed E-state index contributed by atoms with van der Waals surface area (Å²) in [6.45, 7) is 0.640. The van der Waals surface area contributed by atoms with Crippen molar-refractivity contribution in [2.24, 2.45) is 0 Å². The molecule has 0 saturated heterocycles. The van der Waals surface area contributed by atoms with Crippen LogP contribution in [0.2, 0.25) is 0 Å². The zero-order chi connectivity index (χ0) is 15.4. The lowest BCUT2D eigenvalue weighted by Gasteiger charge is -2.00. The van der Waals surface area contributed by atoms with E-state index in [9.17, 15) is 5.26 Å². The molecule has 2 aromatic heterocycles. The molecule has 0 aliphatic rings. The summed E-state index contributed by atoms with van der Waals surface area (Å²) < 4.78 is 1.91. The molecule has 3 aromatic rings. The molecule has 0 spiro atoms.